The summed E-state index contributed by atoms with van der Waals surface area (Å²) >= 11 is 0. The number of hydrogen-bond acceptors (Lipinski definition) is 3. The lowest BCUT2D eigenvalue weighted by Gasteiger charge is -2.27. The topological polar surface area (TPSA) is 63.6 Å². The number of hydrogen-bond donors (Lipinski definition) is 1. The number of halogens is 1. The summed E-state index contributed by atoms with van der Waals surface area (Å²) in [5.41, 5.74) is -1.73. The maximum atomic E-state index is 13.3. The van der Waals surface area contributed by atoms with E-state index in [-0.39, 0.29) is 18.6 Å². The quantitative estimate of drug-likeness (QED) is 0.636. The van der Waals surface area contributed by atoms with Gasteiger partial charge in [0.2, 0.25) is 0 Å². The molecule has 1 aromatic carbocycles. The Hall–Kier alpha value is -1.91. The van der Waals surface area contributed by atoms with Crippen LogP contribution in [0.5, 0.6) is 0 Å². The molecule has 0 amide bonds. The van der Waals surface area contributed by atoms with Crippen molar-refractivity contribution in [3.05, 3.63) is 35.6 Å². The van der Waals surface area contributed by atoms with Gasteiger partial charge in [0, 0.05) is 0 Å². The highest BCUT2D eigenvalue weighted by atomic mass is 19.1. The van der Waals surface area contributed by atoms with Gasteiger partial charge in [-0.05, 0) is 31.0 Å². The van der Waals surface area contributed by atoms with Crippen molar-refractivity contribution in [3.63, 3.8) is 0 Å². The van der Waals surface area contributed by atoms with E-state index in [1.165, 1.54) is 18.2 Å². The van der Waals surface area contributed by atoms with Crippen LogP contribution in [0.25, 0.3) is 0 Å². The van der Waals surface area contributed by atoms with Crippen LogP contribution in [0.4, 0.5) is 4.39 Å². The number of carboxylic acid groups (broad SMARTS) is 1. The Morgan fingerprint density at radius 1 is 1.37 bits per heavy atom. The lowest BCUT2D eigenvalue weighted by Crippen LogP contribution is -2.45. The third kappa shape index (κ3) is 2.92. The molecule has 0 aliphatic rings. The fourth-order valence-corrected chi connectivity index (χ4v) is 2.07. The first-order valence-electron chi connectivity index (χ1n) is 6.15. The van der Waals surface area contributed by atoms with Crippen molar-refractivity contribution in [2.24, 2.45) is 0 Å². The zero-order valence-corrected chi connectivity index (χ0v) is 11.0. The molecule has 0 bridgehead atoms. The first-order chi connectivity index (χ1) is 8.98. The van der Waals surface area contributed by atoms with Gasteiger partial charge in [-0.2, -0.15) is 0 Å². The van der Waals surface area contributed by atoms with Gasteiger partial charge in [0.1, 0.15) is 5.82 Å². The third-order valence-corrected chi connectivity index (χ3v) is 2.93. The van der Waals surface area contributed by atoms with Crippen LogP contribution < -0.4 is 0 Å². The standard InChI is InChI=1S/C14H17FO4/c1-3-8-14(12(16)17,13(18)19-4-2)10-6-5-7-11(15)9-10/h5-7,9H,3-4,8H2,1-2H3,(H,16,17). The average molecular weight is 268 g/mol. The number of carbonyl (C=O) groups is 2. The Kier molecular flexibility index (Phi) is 5.03. The van der Waals surface area contributed by atoms with Crippen molar-refractivity contribution >= 4 is 11.9 Å². The molecule has 0 heterocycles. The van der Waals surface area contributed by atoms with Crippen molar-refractivity contribution < 1.29 is 23.8 Å². The number of carbonyl (C=O) groups excluding carboxylic acids is 1. The average Bonchev–Trinajstić information content (AvgIpc) is 2.35. The lowest BCUT2D eigenvalue weighted by atomic mass is 9.76. The second kappa shape index (κ2) is 6.31. The molecule has 1 aromatic rings. The Labute approximate surface area is 111 Å². The van der Waals surface area contributed by atoms with Gasteiger partial charge >= 0.3 is 11.9 Å². The van der Waals surface area contributed by atoms with E-state index in [4.69, 9.17) is 4.74 Å². The SMILES string of the molecule is CCCC(C(=O)O)(C(=O)OCC)c1cccc(F)c1. The highest BCUT2D eigenvalue weighted by Crippen LogP contribution is 2.32. The first-order valence-corrected chi connectivity index (χ1v) is 6.15. The minimum Gasteiger partial charge on any atom is -0.480 e. The van der Waals surface area contributed by atoms with Crippen molar-refractivity contribution in [1.29, 1.82) is 0 Å². The summed E-state index contributed by atoms with van der Waals surface area (Å²) < 4.78 is 18.2. The van der Waals surface area contributed by atoms with Crippen LogP contribution in [-0.2, 0) is 19.7 Å². The van der Waals surface area contributed by atoms with Gasteiger partial charge in [-0.15, -0.1) is 0 Å². The molecule has 0 radical (unpaired) electrons. The number of esters is 1. The van der Waals surface area contributed by atoms with Gasteiger partial charge in [0.15, 0.2) is 5.41 Å². The normalized spacial score (nSPS) is 13.6. The van der Waals surface area contributed by atoms with Gasteiger partial charge in [-0.1, -0.05) is 25.5 Å². The van der Waals surface area contributed by atoms with E-state index >= 15 is 0 Å². The molecule has 104 valence electrons. The molecule has 5 heteroatoms. The molecule has 0 aliphatic heterocycles. The molecule has 1 atom stereocenters. The van der Waals surface area contributed by atoms with E-state index in [0.717, 1.165) is 6.07 Å². The van der Waals surface area contributed by atoms with Gasteiger partial charge < -0.3 is 9.84 Å². The van der Waals surface area contributed by atoms with Gasteiger partial charge in [0.25, 0.3) is 0 Å². The third-order valence-electron chi connectivity index (χ3n) is 2.93. The van der Waals surface area contributed by atoms with Crippen LogP contribution in [0, 0.1) is 5.82 Å². The summed E-state index contributed by atoms with van der Waals surface area (Å²) in [5.74, 6) is -2.75. The van der Waals surface area contributed by atoms with E-state index in [9.17, 15) is 19.1 Å². The number of aliphatic carboxylic acids is 1. The minimum absolute atomic E-state index is 0.0601. The predicted molar refractivity (Wildman–Crippen MR) is 67.3 cm³/mol. The van der Waals surface area contributed by atoms with Gasteiger partial charge in [-0.3, -0.25) is 9.59 Å². The van der Waals surface area contributed by atoms with Crippen LogP contribution in [0.1, 0.15) is 32.3 Å². The van der Waals surface area contributed by atoms with Crippen LogP contribution >= 0.6 is 0 Å². The second-order valence-corrected chi connectivity index (χ2v) is 4.19. The molecule has 0 fully saturated rings. The van der Waals surface area contributed by atoms with Crippen molar-refractivity contribution in [1.82, 2.24) is 0 Å². The predicted octanol–water partition coefficient (Wildman–Crippen LogP) is 2.51. The monoisotopic (exact) mass is 268 g/mol. The molecule has 0 saturated heterocycles. The molecular weight excluding hydrogens is 251 g/mol. The molecule has 1 rings (SSSR count). The summed E-state index contributed by atoms with van der Waals surface area (Å²) in [7, 11) is 0. The molecule has 19 heavy (non-hydrogen) atoms. The van der Waals surface area contributed by atoms with E-state index < -0.39 is 23.2 Å². The van der Waals surface area contributed by atoms with Crippen LogP contribution in [-0.4, -0.2) is 23.7 Å². The zero-order chi connectivity index (χ0) is 14.5. The Morgan fingerprint density at radius 3 is 2.53 bits per heavy atom. The number of ether oxygens (including phenoxy) is 1. The van der Waals surface area contributed by atoms with Gasteiger partial charge in [-0.25, -0.2) is 4.39 Å². The van der Waals surface area contributed by atoms with Gasteiger partial charge in [0.05, 0.1) is 6.61 Å². The molecule has 0 saturated carbocycles. The van der Waals surface area contributed by atoms with Crippen LogP contribution in [0.2, 0.25) is 0 Å². The second-order valence-electron chi connectivity index (χ2n) is 4.19. The molecule has 1 N–H and O–H groups in total. The maximum absolute atomic E-state index is 13.3. The Morgan fingerprint density at radius 2 is 2.05 bits per heavy atom. The largest absolute Gasteiger partial charge is 0.480 e. The number of rotatable bonds is 6. The smallest absolute Gasteiger partial charge is 0.328 e. The lowest BCUT2D eigenvalue weighted by molar-refractivity contribution is -0.162. The summed E-state index contributed by atoms with van der Waals surface area (Å²) in [4.78, 5) is 23.7. The fraction of sp³-hybridized carbons (Fsp3) is 0.429. The minimum atomic E-state index is -1.84. The Bertz CT molecular complexity index is 472. The molecule has 0 aromatic heterocycles. The fourth-order valence-electron chi connectivity index (χ4n) is 2.07. The van der Waals surface area contributed by atoms with E-state index in [0.29, 0.717) is 6.42 Å². The first kappa shape index (κ1) is 15.1. The van der Waals surface area contributed by atoms with Crippen LogP contribution in [0.3, 0.4) is 0 Å². The summed E-state index contributed by atoms with van der Waals surface area (Å²) in [5, 5.41) is 9.47. The van der Waals surface area contributed by atoms with Crippen molar-refractivity contribution in [2.75, 3.05) is 6.61 Å². The molecule has 1 unspecified atom stereocenters. The van der Waals surface area contributed by atoms with Crippen LogP contribution in [0.15, 0.2) is 24.3 Å². The van der Waals surface area contributed by atoms with Crippen molar-refractivity contribution in [2.45, 2.75) is 32.1 Å². The molecular formula is C14H17FO4. The molecule has 4 nitrogen and oxygen atoms in total. The molecule has 0 spiro atoms. The van der Waals surface area contributed by atoms with E-state index in [1.807, 2.05) is 0 Å². The maximum Gasteiger partial charge on any atom is 0.328 e. The number of carboxylic acids is 1. The van der Waals surface area contributed by atoms with E-state index in [1.54, 1.807) is 13.8 Å². The summed E-state index contributed by atoms with van der Waals surface area (Å²) in [6.07, 6.45) is 0.520. The highest BCUT2D eigenvalue weighted by molar-refractivity contribution is 6.05. The van der Waals surface area contributed by atoms with E-state index in [2.05, 4.69) is 0 Å². The Balaban J connectivity index is 3.39. The summed E-state index contributed by atoms with van der Waals surface area (Å²) in [6.45, 7) is 3.44. The summed E-state index contributed by atoms with van der Waals surface area (Å²) in [6, 6.07) is 5.09. The van der Waals surface area contributed by atoms with Crippen molar-refractivity contribution in [3.8, 4) is 0 Å². The zero-order valence-electron chi connectivity index (χ0n) is 11.0. The number of benzene rings is 1. The highest BCUT2D eigenvalue weighted by Gasteiger charge is 2.48. The molecule has 0 aliphatic carbocycles.